The fourth-order valence-corrected chi connectivity index (χ4v) is 2.56. The summed E-state index contributed by atoms with van der Waals surface area (Å²) in [7, 11) is 0. The number of imide groups is 1. The lowest BCUT2D eigenvalue weighted by Gasteiger charge is -2.22. The lowest BCUT2D eigenvalue weighted by molar-refractivity contribution is -0.133. The van der Waals surface area contributed by atoms with Crippen LogP contribution < -0.4 is 10.6 Å². The summed E-state index contributed by atoms with van der Waals surface area (Å²) in [5, 5.41) is 4.84. The number of hydrogen-bond donors (Lipinski definition) is 2. The van der Waals surface area contributed by atoms with Crippen LogP contribution in [0, 0.1) is 17.6 Å². The van der Waals surface area contributed by atoms with Gasteiger partial charge in [-0.25, -0.2) is 13.6 Å². The molecule has 1 aliphatic rings. The molecule has 0 aliphatic carbocycles. The van der Waals surface area contributed by atoms with Crippen LogP contribution in [0.4, 0.5) is 19.3 Å². The van der Waals surface area contributed by atoms with Crippen LogP contribution in [0.25, 0.3) is 0 Å². The third-order valence-corrected chi connectivity index (χ3v) is 4.07. The number of nitrogens with zero attached hydrogens (tertiary/aromatic N) is 1. The van der Waals surface area contributed by atoms with Crippen molar-refractivity contribution in [3.05, 3.63) is 29.8 Å². The Kier molecular flexibility index (Phi) is 5.39. The molecule has 1 aromatic rings. The minimum Gasteiger partial charge on any atom is -0.323 e. The molecular formula is C17H21F2N3O3. The van der Waals surface area contributed by atoms with Gasteiger partial charge in [-0.2, -0.15) is 0 Å². The molecule has 1 saturated heterocycles. The summed E-state index contributed by atoms with van der Waals surface area (Å²) in [6.45, 7) is 5.09. The highest BCUT2D eigenvalue weighted by Crippen LogP contribution is 2.24. The summed E-state index contributed by atoms with van der Waals surface area (Å²) in [5.41, 5.74) is -1.27. The number of benzene rings is 1. The smallest absolute Gasteiger partial charge is 0.323 e. The summed E-state index contributed by atoms with van der Waals surface area (Å²) in [6, 6.07) is 2.04. The van der Waals surface area contributed by atoms with Gasteiger partial charge in [0.05, 0.1) is 5.69 Å². The highest BCUT2D eigenvalue weighted by atomic mass is 19.1. The standard InChI is InChI=1S/C17H21F2N3O3/c1-10(2)6-7-17(3)15(24)22(16(25)21-17)9-14(23)20-13-5-4-11(18)8-12(13)19/h4-5,8,10H,6-7,9H2,1-3H3,(H,20,23)(H,21,25)/t17-/m1/s1. The fraction of sp³-hybridized carbons (Fsp3) is 0.471. The van der Waals surface area contributed by atoms with Gasteiger partial charge in [0.1, 0.15) is 23.7 Å². The van der Waals surface area contributed by atoms with Crippen LogP contribution in [0.3, 0.4) is 0 Å². The molecule has 6 nitrogen and oxygen atoms in total. The van der Waals surface area contributed by atoms with Gasteiger partial charge in [0.2, 0.25) is 5.91 Å². The lowest BCUT2D eigenvalue weighted by atomic mass is 9.92. The highest BCUT2D eigenvalue weighted by molar-refractivity contribution is 6.09. The lowest BCUT2D eigenvalue weighted by Crippen LogP contribution is -2.44. The van der Waals surface area contributed by atoms with Crippen LogP contribution in [0.5, 0.6) is 0 Å². The first kappa shape index (κ1) is 18.8. The molecule has 1 fully saturated rings. The molecule has 136 valence electrons. The van der Waals surface area contributed by atoms with Gasteiger partial charge in [0, 0.05) is 6.07 Å². The van der Waals surface area contributed by atoms with Crippen molar-refractivity contribution in [1.82, 2.24) is 10.2 Å². The van der Waals surface area contributed by atoms with Crippen molar-refractivity contribution in [2.75, 3.05) is 11.9 Å². The molecular weight excluding hydrogens is 332 g/mol. The molecule has 1 heterocycles. The van der Waals surface area contributed by atoms with Gasteiger partial charge >= 0.3 is 6.03 Å². The second-order valence-corrected chi connectivity index (χ2v) is 6.76. The second-order valence-electron chi connectivity index (χ2n) is 6.76. The number of halogens is 2. The largest absolute Gasteiger partial charge is 0.325 e. The molecule has 4 amide bonds. The van der Waals surface area contributed by atoms with Crippen LogP contribution in [0.15, 0.2) is 18.2 Å². The Morgan fingerprint density at radius 3 is 2.60 bits per heavy atom. The normalized spacial score (nSPS) is 20.2. The van der Waals surface area contributed by atoms with Gasteiger partial charge in [-0.3, -0.25) is 14.5 Å². The first-order valence-corrected chi connectivity index (χ1v) is 8.01. The van der Waals surface area contributed by atoms with E-state index < -0.39 is 41.6 Å². The first-order chi connectivity index (χ1) is 11.6. The highest BCUT2D eigenvalue weighted by Gasteiger charge is 2.47. The summed E-state index contributed by atoms with van der Waals surface area (Å²) in [5.74, 6) is -2.59. The zero-order valence-electron chi connectivity index (χ0n) is 14.4. The van der Waals surface area contributed by atoms with Gasteiger partial charge in [-0.05, 0) is 37.8 Å². The van der Waals surface area contributed by atoms with Gasteiger partial charge in [0.15, 0.2) is 0 Å². The van der Waals surface area contributed by atoms with E-state index in [9.17, 15) is 23.2 Å². The Hall–Kier alpha value is -2.51. The predicted molar refractivity (Wildman–Crippen MR) is 87.7 cm³/mol. The molecule has 8 heteroatoms. The zero-order valence-corrected chi connectivity index (χ0v) is 14.4. The number of anilines is 1. The zero-order chi connectivity index (χ0) is 18.8. The molecule has 0 saturated carbocycles. The Morgan fingerprint density at radius 2 is 2.00 bits per heavy atom. The number of carbonyl (C=O) groups is 3. The van der Waals surface area contributed by atoms with Crippen molar-refractivity contribution in [2.45, 2.75) is 39.2 Å². The number of urea groups is 1. The first-order valence-electron chi connectivity index (χ1n) is 8.01. The van der Waals surface area contributed by atoms with Crippen LogP contribution >= 0.6 is 0 Å². The molecule has 1 atom stereocenters. The third kappa shape index (κ3) is 4.32. The molecule has 0 bridgehead atoms. The van der Waals surface area contributed by atoms with E-state index >= 15 is 0 Å². The molecule has 2 rings (SSSR count). The van der Waals surface area contributed by atoms with Crippen molar-refractivity contribution < 1.29 is 23.2 Å². The van der Waals surface area contributed by atoms with Gasteiger partial charge in [-0.15, -0.1) is 0 Å². The SMILES string of the molecule is CC(C)CC[C@@]1(C)NC(=O)N(CC(=O)Nc2ccc(F)cc2F)C1=O. The van der Waals surface area contributed by atoms with E-state index in [0.29, 0.717) is 18.4 Å². The van der Waals surface area contributed by atoms with Crippen LogP contribution in [0.1, 0.15) is 33.6 Å². The molecule has 25 heavy (non-hydrogen) atoms. The second kappa shape index (κ2) is 7.16. The maximum Gasteiger partial charge on any atom is 0.325 e. The van der Waals surface area contributed by atoms with E-state index in [1.54, 1.807) is 6.92 Å². The van der Waals surface area contributed by atoms with E-state index in [-0.39, 0.29) is 5.69 Å². The van der Waals surface area contributed by atoms with Crippen molar-refractivity contribution in [2.24, 2.45) is 5.92 Å². The van der Waals surface area contributed by atoms with Crippen LogP contribution in [-0.4, -0.2) is 34.8 Å². The monoisotopic (exact) mass is 353 g/mol. The topological polar surface area (TPSA) is 78.5 Å². The summed E-state index contributed by atoms with van der Waals surface area (Å²) in [6.07, 6.45) is 1.20. The molecule has 2 N–H and O–H groups in total. The van der Waals surface area contributed by atoms with E-state index in [2.05, 4.69) is 10.6 Å². The Labute approximate surface area is 144 Å². The Balaban J connectivity index is 2.03. The molecule has 0 unspecified atom stereocenters. The van der Waals surface area contributed by atoms with E-state index in [4.69, 9.17) is 0 Å². The molecule has 0 radical (unpaired) electrons. The van der Waals surface area contributed by atoms with E-state index in [1.165, 1.54) is 0 Å². The predicted octanol–water partition coefficient (Wildman–Crippen LogP) is 2.65. The third-order valence-electron chi connectivity index (χ3n) is 4.07. The molecule has 0 aromatic heterocycles. The Morgan fingerprint density at radius 1 is 1.32 bits per heavy atom. The summed E-state index contributed by atoms with van der Waals surface area (Å²) >= 11 is 0. The van der Waals surface area contributed by atoms with E-state index in [1.807, 2.05) is 13.8 Å². The number of amides is 4. The number of nitrogens with one attached hydrogen (secondary N) is 2. The van der Waals surface area contributed by atoms with Crippen molar-refractivity contribution in [3.8, 4) is 0 Å². The number of rotatable bonds is 6. The van der Waals surface area contributed by atoms with Gasteiger partial charge in [0.25, 0.3) is 5.91 Å². The average Bonchev–Trinajstić information content (AvgIpc) is 2.72. The molecule has 1 aliphatic heterocycles. The van der Waals surface area contributed by atoms with Crippen LogP contribution in [0.2, 0.25) is 0 Å². The maximum atomic E-state index is 13.6. The van der Waals surface area contributed by atoms with Crippen molar-refractivity contribution in [3.63, 3.8) is 0 Å². The van der Waals surface area contributed by atoms with Gasteiger partial charge < -0.3 is 10.6 Å². The molecule has 0 spiro atoms. The number of hydrogen-bond acceptors (Lipinski definition) is 3. The summed E-state index contributed by atoms with van der Waals surface area (Å²) < 4.78 is 26.4. The average molecular weight is 353 g/mol. The minimum atomic E-state index is -1.05. The minimum absolute atomic E-state index is 0.221. The van der Waals surface area contributed by atoms with E-state index in [0.717, 1.165) is 23.5 Å². The van der Waals surface area contributed by atoms with Gasteiger partial charge in [-0.1, -0.05) is 13.8 Å². The van der Waals surface area contributed by atoms with Crippen molar-refractivity contribution in [1.29, 1.82) is 0 Å². The quantitative estimate of drug-likeness (QED) is 0.772. The Bertz CT molecular complexity index is 708. The fourth-order valence-electron chi connectivity index (χ4n) is 2.56. The number of carbonyl (C=O) groups excluding carboxylic acids is 3. The van der Waals surface area contributed by atoms with Crippen molar-refractivity contribution >= 4 is 23.5 Å². The van der Waals surface area contributed by atoms with Crippen LogP contribution in [-0.2, 0) is 9.59 Å². The molecule has 1 aromatic carbocycles. The maximum absolute atomic E-state index is 13.6. The summed E-state index contributed by atoms with van der Waals surface area (Å²) in [4.78, 5) is 37.4.